The molecule has 8 heavy (non-hydrogen) atoms. The first-order valence-corrected chi connectivity index (χ1v) is 2.40. The van der Waals surface area contributed by atoms with Crippen LogP contribution in [0.1, 0.15) is 2.85 Å². The summed E-state index contributed by atoms with van der Waals surface area (Å²) in [4.78, 5) is 10.0. The van der Waals surface area contributed by atoms with E-state index in [0.717, 1.165) is 0 Å². The van der Waals surface area contributed by atoms with Gasteiger partial charge in [-0.05, 0) is 0 Å². The number of aromatic nitrogens is 1. The summed E-state index contributed by atoms with van der Waals surface area (Å²) >= 11 is 1.30. The normalized spacial score (nSPS) is 6.50. The van der Waals surface area contributed by atoms with Crippen molar-refractivity contribution in [2.75, 3.05) is 0 Å². The van der Waals surface area contributed by atoms with Gasteiger partial charge in [0.05, 0.1) is 0 Å². The molecule has 0 saturated carbocycles. The fraction of sp³-hybridized carbons (Fsp3) is 0. The van der Waals surface area contributed by atoms with E-state index in [-0.39, 0.29) is 43.9 Å². The maximum absolute atomic E-state index is 10.0. The molecule has 44 valence electrons. The number of aromatic amines is 1. The predicted octanol–water partition coefficient (Wildman–Crippen LogP) is 0.702. The molecule has 1 rings (SSSR count). The zero-order valence-corrected chi connectivity index (χ0v) is 7.13. The van der Waals surface area contributed by atoms with Crippen LogP contribution < -0.4 is 5.56 Å². The molecule has 0 fully saturated rings. The van der Waals surface area contributed by atoms with Crippen molar-refractivity contribution >= 4 is 47.0 Å². The van der Waals surface area contributed by atoms with Gasteiger partial charge in [0.25, 0.3) is 5.56 Å². The predicted molar refractivity (Wildman–Crippen MR) is 40.2 cm³/mol. The average molecular weight is 164 g/mol. The van der Waals surface area contributed by atoms with Crippen LogP contribution in [0, 0.1) is 0 Å². The fourth-order valence-electron chi connectivity index (χ4n) is 0.222. The number of nitrogens with one attached hydrogen (secondary N) is 1. The molecule has 0 bridgehead atoms. The quantitative estimate of drug-likeness (QED) is 0.562. The van der Waals surface area contributed by atoms with Crippen molar-refractivity contribution in [3.05, 3.63) is 21.8 Å². The average Bonchev–Trinajstić information content (AvgIpc) is 1.86. The summed E-state index contributed by atoms with van der Waals surface area (Å²) in [5.41, 5.74) is -0.0139. The minimum atomic E-state index is -0.0139. The largest absolute Gasteiger partial charge is 2.00 e. The van der Waals surface area contributed by atoms with Gasteiger partial charge in [0, 0.05) is 11.4 Å². The third kappa shape index (κ3) is 3.48. The van der Waals surface area contributed by atoms with Gasteiger partial charge in [-0.1, -0.05) is 11.5 Å². The Labute approximate surface area is 76.0 Å². The summed E-state index contributed by atoms with van der Waals surface area (Å²) in [7, 11) is 0. The molecule has 0 aliphatic rings. The Hall–Kier alpha value is 0.486. The van der Waals surface area contributed by atoms with E-state index in [2.05, 4.69) is 4.37 Å². The Morgan fingerprint density at radius 3 is 2.50 bits per heavy atom. The van der Waals surface area contributed by atoms with Gasteiger partial charge in [0.1, 0.15) is 0 Å². The van der Waals surface area contributed by atoms with Gasteiger partial charge in [-0.15, -0.1) is 12.4 Å². The van der Waals surface area contributed by atoms with E-state index in [4.69, 9.17) is 0 Å². The van der Waals surface area contributed by atoms with Crippen molar-refractivity contribution < 1.29 is 2.85 Å². The molecule has 0 amide bonds. The number of rotatable bonds is 0. The minimum Gasteiger partial charge on any atom is -1.00 e. The van der Waals surface area contributed by atoms with Gasteiger partial charge in [-0.2, -0.15) is 0 Å². The number of hydrogen-bond acceptors (Lipinski definition) is 2. The Kier molecular flexibility index (Phi) is 7.94. The summed E-state index contributed by atoms with van der Waals surface area (Å²) in [6, 6.07) is 1.49. The zero-order valence-electron chi connectivity index (χ0n) is 6.09. The molecule has 1 aromatic heterocycles. The molecule has 0 unspecified atom stereocenters. The van der Waals surface area contributed by atoms with Crippen molar-refractivity contribution in [2.24, 2.45) is 0 Å². The monoisotopic (exact) mass is 163 g/mol. The summed E-state index contributed by atoms with van der Waals surface area (Å²) in [6.07, 6.45) is 0. The summed E-state index contributed by atoms with van der Waals surface area (Å²) in [5, 5.41) is 1.71. The van der Waals surface area contributed by atoms with Gasteiger partial charge >= 0.3 is 23.1 Å². The van der Waals surface area contributed by atoms with Crippen molar-refractivity contribution in [3.8, 4) is 0 Å². The van der Waals surface area contributed by atoms with E-state index in [1.54, 1.807) is 5.38 Å². The molecule has 0 aliphatic heterocycles. The standard InChI is InChI=1S/C3H3NOS.ClH.Mg.2H/c5-3-1-2-6-4-3;;;;/h1-2H,(H,4,5);1H;;;/q;;+2;2*-1. The fourth-order valence-corrected chi connectivity index (χ4v) is 0.666. The topological polar surface area (TPSA) is 32.9 Å². The van der Waals surface area contributed by atoms with Crippen molar-refractivity contribution in [3.63, 3.8) is 0 Å². The van der Waals surface area contributed by atoms with E-state index in [1.165, 1.54) is 17.6 Å². The van der Waals surface area contributed by atoms with Crippen LogP contribution in [0.3, 0.4) is 0 Å². The van der Waals surface area contributed by atoms with E-state index in [0.29, 0.717) is 0 Å². The zero-order chi connectivity index (χ0) is 4.41. The van der Waals surface area contributed by atoms with Crippen LogP contribution in [-0.4, -0.2) is 27.4 Å². The summed E-state index contributed by atoms with van der Waals surface area (Å²) < 4.78 is 2.49. The van der Waals surface area contributed by atoms with Crippen LogP contribution >= 0.6 is 23.9 Å². The summed E-state index contributed by atoms with van der Waals surface area (Å²) in [5.74, 6) is 0. The van der Waals surface area contributed by atoms with Gasteiger partial charge in [0.15, 0.2) is 0 Å². The molecule has 1 aromatic rings. The van der Waals surface area contributed by atoms with E-state index < -0.39 is 0 Å². The Morgan fingerprint density at radius 2 is 2.38 bits per heavy atom. The van der Waals surface area contributed by atoms with Crippen LogP contribution in [0.5, 0.6) is 0 Å². The second-order valence-electron chi connectivity index (χ2n) is 0.887. The molecule has 0 spiro atoms. The van der Waals surface area contributed by atoms with Gasteiger partial charge in [-0.3, -0.25) is 9.17 Å². The van der Waals surface area contributed by atoms with Gasteiger partial charge in [0.2, 0.25) is 0 Å². The van der Waals surface area contributed by atoms with Crippen LogP contribution in [0.25, 0.3) is 0 Å². The van der Waals surface area contributed by atoms with Crippen molar-refractivity contribution in [1.29, 1.82) is 0 Å². The first kappa shape index (κ1) is 11.3. The maximum Gasteiger partial charge on any atom is 2.00 e. The van der Waals surface area contributed by atoms with Crippen LogP contribution in [0.15, 0.2) is 16.2 Å². The SMILES string of the molecule is Cl.O=c1ccs[nH]1.[H-].[H-].[Mg+2]. The molecule has 1 heterocycles. The van der Waals surface area contributed by atoms with Gasteiger partial charge in [-0.25, -0.2) is 0 Å². The number of H-pyrrole nitrogens is 1. The first-order chi connectivity index (χ1) is 2.89. The molecule has 0 aliphatic carbocycles. The van der Waals surface area contributed by atoms with Crippen LogP contribution in [0.2, 0.25) is 0 Å². The summed E-state index contributed by atoms with van der Waals surface area (Å²) in [6.45, 7) is 0. The molecular formula is C3H6ClMgNOS. The second-order valence-corrected chi connectivity index (χ2v) is 1.60. The van der Waals surface area contributed by atoms with E-state index in [9.17, 15) is 4.79 Å². The van der Waals surface area contributed by atoms with E-state index >= 15 is 0 Å². The molecule has 2 nitrogen and oxygen atoms in total. The molecule has 1 N–H and O–H groups in total. The van der Waals surface area contributed by atoms with Crippen LogP contribution in [0.4, 0.5) is 0 Å². The molecular weight excluding hydrogens is 158 g/mol. The molecule has 0 radical (unpaired) electrons. The van der Waals surface area contributed by atoms with Crippen molar-refractivity contribution in [1.82, 2.24) is 4.37 Å². The molecule has 5 heteroatoms. The van der Waals surface area contributed by atoms with Crippen molar-refractivity contribution in [2.45, 2.75) is 0 Å². The third-order valence-electron chi connectivity index (χ3n) is 0.447. The number of hydrogen-bond donors (Lipinski definition) is 1. The smallest absolute Gasteiger partial charge is 1.00 e. The Morgan fingerprint density at radius 1 is 1.75 bits per heavy atom. The number of halogens is 1. The molecule has 0 aromatic carbocycles. The van der Waals surface area contributed by atoms with Crippen LogP contribution in [-0.2, 0) is 0 Å². The Bertz CT molecular complexity index is 164. The maximum atomic E-state index is 10.0. The van der Waals surface area contributed by atoms with E-state index in [1.807, 2.05) is 0 Å². The second kappa shape index (κ2) is 5.62. The molecule has 0 atom stereocenters. The minimum absolute atomic E-state index is 0. The first-order valence-electron chi connectivity index (χ1n) is 1.52. The molecule has 0 saturated heterocycles. The Balaban J connectivity index is -0.0000000450. The van der Waals surface area contributed by atoms with Gasteiger partial charge < -0.3 is 2.85 Å². The third-order valence-corrected chi connectivity index (χ3v) is 1.04.